The molecule has 12 heteroatoms. The Morgan fingerprint density at radius 1 is 0.621 bits per heavy atom. The molecule has 0 unspecified atom stereocenters. The SMILES string of the molecule is O=[P+](O)O.O=[P+](O)O.OCC(CO)(CO)C(O)(c1ccccc1)c1ccccc1. The van der Waals surface area contributed by atoms with Gasteiger partial charge in [-0.25, -0.2) is 0 Å². The van der Waals surface area contributed by atoms with Crippen LogP contribution >= 0.6 is 16.5 Å². The Morgan fingerprint density at radius 2 is 0.862 bits per heavy atom. The second-order valence-corrected chi connectivity index (χ2v) is 6.71. The van der Waals surface area contributed by atoms with E-state index in [4.69, 9.17) is 28.7 Å². The molecule has 0 saturated heterocycles. The Balaban J connectivity index is 0.000000837. The van der Waals surface area contributed by atoms with Crippen LogP contribution in [0.15, 0.2) is 60.7 Å². The molecule has 29 heavy (non-hydrogen) atoms. The number of aliphatic hydroxyl groups is 4. The highest BCUT2D eigenvalue weighted by Crippen LogP contribution is 2.44. The Hall–Kier alpha value is -1.68. The van der Waals surface area contributed by atoms with E-state index in [0.29, 0.717) is 11.1 Å². The zero-order valence-electron chi connectivity index (χ0n) is 15.2. The first-order chi connectivity index (χ1) is 13.6. The topological polar surface area (TPSA) is 196 Å². The number of rotatable bonds is 6. The largest absolute Gasteiger partial charge is 0.692 e. The first-order valence-corrected chi connectivity index (χ1v) is 10.3. The average molecular weight is 450 g/mol. The van der Waals surface area contributed by atoms with Crippen molar-refractivity contribution in [1.29, 1.82) is 0 Å². The van der Waals surface area contributed by atoms with E-state index < -0.39 is 47.3 Å². The van der Waals surface area contributed by atoms with Gasteiger partial charge in [0.25, 0.3) is 0 Å². The van der Waals surface area contributed by atoms with Crippen molar-refractivity contribution in [3.8, 4) is 0 Å². The van der Waals surface area contributed by atoms with Crippen molar-refractivity contribution in [3.05, 3.63) is 71.8 Å². The van der Waals surface area contributed by atoms with Crippen molar-refractivity contribution in [2.45, 2.75) is 5.60 Å². The smallest absolute Gasteiger partial charge is 0.395 e. The standard InChI is InChI=1S/C17H20O4.2HO3P/c18-11-16(12-19,13-20)17(21,14-7-3-1-4-8-14)15-9-5-2-6-10-15;2*1-4(2)3/h1-10,18-21H,11-13H2;2*(H-,1,2,3)/p+2. The van der Waals surface area contributed by atoms with E-state index in [0.717, 1.165) is 0 Å². The van der Waals surface area contributed by atoms with E-state index in [1.54, 1.807) is 48.5 Å². The molecule has 0 aliphatic heterocycles. The van der Waals surface area contributed by atoms with Crippen LogP contribution in [0.2, 0.25) is 0 Å². The number of hydrogen-bond donors (Lipinski definition) is 8. The lowest BCUT2D eigenvalue weighted by Gasteiger charge is -2.45. The maximum atomic E-state index is 11.4. The van der Waals surface area contributed by atoms with Crippen LogP contribution in [0.4, 0.5) is 0 Å². The van der Waals surface area contributed by atoms with Gasteiger partial charge in [0.05, 0.1) is 25.2 Å². The van der Waals surface area contributed by atoms with Gasteiger partial charge >= 0.3 is 16.5 Å². The fourth-order valence-corrected chi connectivity index (χ4v) is 2.63. The summed E-state index contributed by atoms with van der Waals surface area (Å²) in [4.78, 5) is 28.5. The maximum Gasteiger partial charge on any atom is 0.692 e. The number of aliphatic hydroxyl groups excluding tert-OH is 3. The van der Waals surface area contributed by atoms with Gasteiger partial charge in [-0.15, -0.1) is 19.6 Å². The quantitative estimate of drug-likeness (QED) is 0.280. The minimum absolute atomic E-state index is 0.508. The third-order valence-electron chi connectivity index (χ3n) is 4.06. The molecule has 0 saturated carbocycles. The summed E-state index contributed by atoms with van der Waals surface area (Å²) < 4.78 is 17.4. The second-order valence-electron chi connectivity index (χ2n) is 5.70. The van der Waals surface area contributed by atoms with Gasteiger partial charge in [-0.1, -0.05) is 60.7 Å². The summed E-state index contributed by atoms with van der Waals surface area (Å²) in [6.45, 7) is -1.67. The second kappa shape index (κ2) is 13.5. The van der Waals surface area contributed by atoms with Crippen molar-refractivity contribution in [2.75, 3.05) is 19.8 Å². The van der Waals surface area contributed by atoms with E-state index in [-0.39, 0.29) is 0 Å². The molecule has 0 aliphatic carbocycles. The zero-order chi connectivity index (χ0) is 22.5. The molecule has 0 spiro atoms. The highest BCUT2D eigenvalue weighted by atomic mass is 31.1. The van der Waals surface area contributed by atoms with E-state index in [2.05, 4.69) is 0 Å². The third kappa shape index (κ3) is 7.93. The molecule has 0 heterocycles. The minimum atomic E-state index is -2.87. The van der Waals surface area contributed by atoms with E-state index in [1.807, 2.05) is 12.1 Å². The maximum absolute atomic E-state index is 11.4. The summed E-state index contributed by atoms with van der Waals surface area (Å²) in [7, 11) is -5.74. The molecular weight excluding hydrogens is 426 g/mol. The molecular formula is C17H24O10P2+2. The molecule has 8 N–H and O–H groups in total. The van der Waals surface area contributed by atoms with Gasteiger partial charge < -0.3 is 20.4 Å². The zero-order valence-corrected chi connectivity index (χ0v) is 17.0. The van der Waals surface area contributed by atoms with Gasteiger partial charge in [0.1, 0.15) is 5.60 Å². The van der Waals surface area contributed by atoms with Crippen LogP contribution in [-0.2, 0) is 14.7 Å². The van der Waals surface area contributed by atoms with Crippen molar-refractivity contribution in [1.82, 2.24) is 0 Å². The normalized spacial score (nSPS) is 10.8. The van der Waals surface area contributed by atoms with Crippen LogP contribution in [0, 0.1) is 5.41 Å². The Morgan fingerprint density at radius 3 is 1.07 bits per heavy atom. The van der Waals surface area contributed by atoms with Crippen LogP contribution in [0.1, 0.15) is 11.1 Å². The molecule has 2 aromatic carbocycles. The molecule has 0 amide bonds. The summed E-state index contributed by atoms with van der Waals surface area (Å²) in [5, 5.41) is 40.6. The van der Waals surface area contributed by atoms with Crippen molar-refractivity contribution in [3.63, 3.8) is 0 Å². The van der Waals surface area contributed by atoms with Gasteiger partial charge in [0.2, 0.25) is 0 Å². The predicted octanol–water partition coefficient (Wildman–Crippen LogP) is 0.143. The summed E-state index contributed by atoms with van der Waals surface area (Å²) in [5.74, 6) is 0. The van der Waals surface area contributed by atoms with E-state index >= 15 is 0 Å². The van der Waals surface area contributed by atoms with Gasteiger partial charge in [-0.2, -0.15) is 0 Å². The highest BCUT2D eigenvalue weighted by molar-refractivity contribution is 7.31. The van der Waals surface area contributed by atoms with Crippen molar-refractivity contribution >= 4 is 16.5 Å². The van der Waals surface area contributed by atoms with Crippen molar-refractivity contribution in [2.24, 2.45) is 5.41 Å². The predicted molar refractivity (Wildman–Crippen MR) is 104 cm³/mol. The number of benzene rings is 2. The molecule has 0 fully saturated rings. The van der Waals surface area contributed by atoms with Crippen molar-refractivity contribution < 1.29 is 49.1 Å². The summed E-state index contributed by atoms with van der Waals surface area (Å²) in [5.41, 5.74) is -2.18. The van der Waals surface area contributed by atoms with Crippen LogP contribution in [0.3, 0.4) is 0 Å². The fourth-order valence-electron chi connectivity index (χ4n) is 2.63. The molecule has 0 radical (unpaired) electrons. The summed E-state index contributed by atoms with van der Waals surface area (Å²) in [6.07, 6.45) is 0. The first kappa shape index (κ1) is 27.3. The molecule has 2 rings (SSSR count). The molecule has 160 valence electrons. The molecule has 0 aromatic heterocycles. The molecule has 0 aliphatic rings. The highest BCUT2D eigenvalue weighted by Gasteiger charge is 2.52. The van der Waals surface area contributed by atoms with Gasteiger partial charge in [0, 0.05) is 9.13 Å². The van der Waals surface area contributed by atoms with Crippen LogP contribution in [0.25, 0.3) is 0 Å². The first-order valence-electron chi connectivity index (χ1n) is 7.97. The van der Waals surface area contributed by atoms with Crippen LogP contribution in [0.5, 0.6) is 0 Å². The fraction of sp³-hybridized carbons (Fsp3) is 0.294. The third-order valence-corrected chi connectivity index (χ3v) is 4.06. The van der Waals surface area contributed by atoms with Crippen LogP contribution < -0.4 is 0 Å². The Kier molecular flexibility index (Phi) is 12.7. The Labute approximate surface area is 168 Å². The molecule has 10 nitrogen and oxygen atoms in total. The van der Waals surface area contributed by atoms with E-state index in [9.17, 15) is 20.4 Å². The number of hydrogen-bond acceptors (Lipinski definition) is 6. The molecule has 2 aromatic rings. The van der Waals surface area contributed by atoms with Crippen LogP contribution in [-0.4, -0.2) is 59.8 Å². The lowest BCUT2D eigenvalue weighted by molar-refractivity contribution is -0.136. The van der Waals surface area contributed by atoms with Gasteiger partial charge in [0.15, 0.2) is 0 Å². The van der Waals surface area contributed by atoms with E-state index in [1.165, 1.54) is 0 Å². The summed E-state index contributed by atoms with van der Waals surface area (Å²) in [6, 6.07) is 17.5. The van der Waals surface area contributed by atoms with Gasteiger partial charge in [-0.3, -0.25) is 0 Å². The van der Waals surface area contributed by atoms with Gasteiger partial charge in [-0.05, 0) is 11.1 Å². The monoisotopic (exact) mass is 450 g/mol. The lowest BCUT2D eigenvalue weighted by Crippen LogP contribution is -2.54. The molecule has 0 atom stereocenters. The minimum Gasteiger partial charge on any atom is -0.395 e. The lowest BCUT2D eigenvalue weighted by atomic mass is 9.66. The average Bonchev–Trinajstić information content (AvgIpc) is 2.70. The summed E-state index contributed by atoms with van der Waals surface area (Å²) >= 11 is 0. The Bertz CT molecular complexity index is 671. The molecule has 0 bridgehead atoms.